The number of nitrogens with one attached hydrogen (secondary N) is 2. The van der Waals surface area contributed by atoms with Gasteiger partial charge in [-0.15, -0.1) is 0 Å². The van der Waals surface area contributed by atoms with Crippen LogP contribution in [0.5, 0.6) is 0 Å². The number of hydrogen-bond donors (Lipinski definition) is 2. The van der Waals surface area contributed by atoms with Crippen molar-refractivity contribution in [3.05, 3.63) is 59.4 Å². The first-order chi connectivity index (χ1) is 11.5. The number of halogens is 4. The van der Waals surface area contributed by atoms with E-state index in [1.807, 2.05) is 0 Å². The Morgan fingerprint density at radius 2 is 1.72 bits per heavy atom. The Balaban J connectivity index is 2.24. The molecule has 0 aliphatic carbocycles. The monoisotopic (exact) mass is 376 g/mol. The van der Waals surface area contributed by atoms with Crippen LogP contribution in [0.1, 0.15) is 15.9 Å². The number of hydrogen-bond acceptors (Lipinski definition) is 3. The van der Waals surface area contributed by atoms with Crippen LogP contribution in [0.3, 0.4) is 0 Å². The minimum absolute atomic E-state index is 0.00605. The maximum absolute atomic E-state index is 13.2. The SMILES string of the molecule is CS(=O)(=O)Nc1cccc(C(=O)Nc2ccc(F)c(C(F)(F)F)c2)c1. The van der Waals surface area contributed by atoms with Crippen molar-refractivity contribution >= 4 is 27.3 Å². The number of carbonyl (C=O) groups is 1. The van der Waals surface area contributed by atoms with Gasteiger partial charge in [-0.3, -0.25) is 9.52 Å². The molecule has 0 saturated heterocycles. The van der Waals surface area contributed by atoms with Crippen LogP contribution in [-0.2, 0) is 16.2 Å². The second-order valence-electron chi connectivity index (χ2n) is 5.10. The third-order valence-electron chi connectivity index (χ3n) is 2.96. The number of amides is 1. The van der Waals surface area contributed by atoms with Gasteiger partial charge in [0.1, 0.15) is 5.82 Å². The zero-order chi connectivity index (χ0) is 18.8. The average molecular weight is 376 g/mol. The Morgan fingerprint density at radius 1 is 1.04 bits per heavy atom. The molecule has 0 unspecified atom stereocenters. The van der Waals surface area contributed by atoms with Gasteiger partial charge in [0.2, 0.25) is 10.0 Å². The molecule has 0 aromatic heterocycles. The zero-order valence-electron chi connectivity index (χ0n) is 12.7. The predicted octanol–water partition coefficient (Wildman–Crippen LogP) is 3.47. The highest BCUT2D eigenvalue weighted by Crippen LogP contribution is 2.33. The van der Waals surface area contributed by atoms with E-state index in [1.54, 1.807) is 0 Å². The standard InChI is InChI=1S/C15H12F4N2O3S/c1-25(23,24)21-11-4-2-3-9(7-11)14(22)20-10-5-6-13(16)12(8-10)15(17,18)19/h2-8,21H,1H3,(H,20,22). The largest absolute Gasteiger partial charge is 0.419 e. The number of sulfonamides is 1. The fourth-order valence-electron chi connectivity index (χ4n) is 1.96. The summed E-state index contributed by atoms with van der Waals surface area (Å²) < 4.78 is 75.8. The molecule has 0 spiro atoms. The van der Waals surface area contributed by atoms with E-state index >= 15 is 0 Å². The van der Waals surface area contributed by atoms with Crippen LogP contribution >= 0.6 is 0 Å². The van der Waals surface area contributed by atoms with Crippen LogP contribution < -0.4 is 10.0 Å². The summed E-state index contributed by atoms with van der Waals surface area (Å²) in [6.07, 6.45) is -3.97. The van der Waals surface area contributed by atoms with E-state index in [9.17, 15) is 30.8 Å². The highest BCUT2D eigenvalue weighted by molar-refractivity contribution is 7.92. The summed E-state index contributed by atoms with van der Waals surface area (Å²) in [6.45, 7) is 0. The van der Waals surface area contributed by atoms with Crippen molar-refractivity contribution in [2.24, 2.45) is 0 Å². The number of rotatable bonds is 4. The van der Waals surface area contributed by atoms with Crippen LogP contribution in [-0.4, -0.2) is 20.6 Å². The van der Waals surface area contributed by atoms with Gasteiger partial charge in [-0.05, 0) is 36.4 Å². The number of anilines is 2. The van der Waals surface area contributed by atoms with Crippen molar-refractivity contribution in [3.8, 4) is 0 Å². The normalized spacial score (nSPS) is 11.9. The van der Waals surface area contributed by atoms with E-state index < -0.39 is 33.5 Å². The van der Waals surface area contributed by atoms with Crippen LogP contribution in [0.25, 0.3) is 0 Å². The van der Waals surface area contributed by atoms with Crippen molar-refractivity contribution < 1.29 is 30.8 Å². The van der Waals surface area contributed by atoms with E-state index in [4.69, 9.17) is 0 Å². The van der Waals surface area contributed by atoms with E-state index in [-0.39, 0.29) is 16.9 Å². The van der Waals surface area contributed by atoms with Gasteiger partial charge in [-0.25, -0.2) is 12.8 Å². The molecule has 0 radical (unpaired) electrons. The number of benzene rings is 2. The van der Waals surface area contributed by atoms with E-state index in [0.29, 0.717) is 12.1 Å². The fourth-order valence-corrected chi connectivity index (χ4v) is 2.52. The Bertz CT molecular complexity index is 911. The first kappa shape index (κ1) is 18.7. The minimum Gasteiger partial charge on any atom is -0.322 e. The fraction of sp³-hybridized carbons (Fsp3) is 0.133. The lowest BCUT2D eigenvalue weighted by atomic mass is 10.1. The third kappa shape index (κ3) is 5.18. The highest BCUT2D eigenvalue weighted by atomic mass is 32.2. The van der Waals surface area contributed by atoms with Gasteiger partial charge < -0.3 is 5.32 Å². The smallest absolute Gasteiger partial charge is 0.322 e. The predicted molar refractivity (Wildman–Crippen MR) is 84.3 cm³/mol. The van der Waals surface area contributed by atoms with E-state index in [0.717, 1.165) is 12.3 Å². The Kier molecular flexibility index (Phi) is 5.02. The summed E-state index contributed by atoms with van der Waals surface area (Å²) in [5, 5.41) is 2.21. The molecule has 1 amide bonds. The molecule has 2 rings (SSSR count). The summed E-state index contributed by atoms with van der Waals surface area (Å²) in [6, 6.07) is 7.42. The van der Waals surface area contributed by atoms with Crippen molar-refractivity contribution in [2.75, 3.05) is 16.3 Å². The van der Waals surface area contributed by atoms with Gasteiger partial charge in [0.05, 0.1) is 11.8 Å². The van der Waals surface area contributed by atoms with E-state index in [1.165, 1.54) is 24.3 Å². The molecule has 0 bridgehead atoms. The average Bonchev–Trinajstić information content (AvgIpc) is 2.46. The van der Waals surface area contributed by atoms with Gasteiger partial charge in [0.15, 0.2) is 0 Å². The molecule has 0 aliphatic rings. The van der Waals surface area contributed by atoms with Gasteiger partial charge in [0.25, 0.3) is 5.91 Å². The lowest BCUT2D eigenvalue weighted by molar-refractivity contribution is -0.139. The summed E-state index contributed by atoms with van der Waals surface area (Å²) in [4.78, 5) is 12.1. The third-order valence-corrected chi connectivity index (χ3v) is 3.56. The van der Waals surface area contributed by atoms with Gasteiger partial charge in [0, 0.05) is 16.9 Å². The molecule has 2 N–H and O–H groups in total. The topological polar surface area (TPSA) is 75.3 Å². The van der Waals surface area contributed by atoms with Crippen molar-refractivity contribution in [1.82, 2.24) is 0 Å². The molecule has 0 atom stereocenters. The first-order valence-corrected chi connectivity index (χ1v) is 8.61. The summed E-state index contributed by atoms with van der Waals surface area (Å²) in [7, 11) is -3.55. The van der Waals surface area contributed by atoms with Gasteiger partial charge >= 0.3 is 6.18 Å². The zero-order valence-corrected chi connectivity index (χ0v) is 13.5. The van der Waals surface area contributed by atoms with Crippen LogP contribution in [0.15, 0.2) is 42.5 Å². The Hall–Kier alpha value is -2.62. The molecule has 0 aliphatic heterocycles. The van der Waals surface area contributed by atoms with Crippen molar-refractivity contribution in [1.29, 1.82) is 0 Å². The summed E-state index contributed by atoms with van der Waals surface area (Å²) >= 11 is 0. The molecule has 134 valence electrons. The molecule has 0 saturated carbocycles. The second kappa shape index (κ2) is 6.71. The second-order valence-corrected chi connectivity index (χ2v) is 6.85. The highest BCUT2D eigenvalue weighted by Gasteiger charge is 2.34. The number of carbonyl (C=O) groups excluding carboxylic acids is 1. The molecular formula is C15H12F4N2O3S. The lowest BCUT2D eigenvalue weighted by Crippen LogP contribution is -2.15. The minimum atomic E-state index is -4.90. The maximum atomic E-state index is 13.2. The molecule has 2 aromatic rings. The molecule has 5 nitrogen and oxygen atoms in total. The number of alkyl halides is 3. The lowest BCUT2D eigenvalue weighted by Gasteiger charge is -2.11. The molecule has 0 fully saturated rings. The Morgan fingerprint density at radius 3 is 2.32 bits per heavy atom. The van der Waals surface area contributed by atoms with Crippen molar-refractivity contribution in [2.45, 2.75) is 6.18 Å². The maximum Gasteiger partial charge on any atom is 0.419 e. The van der Waals surface area contributed by atoms with Crippen molar-refractivity contribution in [3.63, 3.8) is 0 Å². The Labute approximate surface area is 140 Å². The molecule has 10 heteroatoms. The summed E-state index contributed by atoms with van der Waals surface area (Å²) in [5.74, 6) is -2.23. The summed E-state index contributed by atoms with van der Waals surface area (Å²) in [5.41, 5.74) is -1.63. The molecule has 0 heterocycles. The van der Waals surface area contributed by atoms with Crippen LogP contribution in [0.2, 0.25) is 0 Å². The molecule has 25 heavy (non-hydrogen) atoms. The van der Waals surface area contributed by atoms with Crippen LogP contribution in [0, 0.1) is 5.82 Å². The molecular weight excluding hydrogens is 364 g/mol. The molecule has 2 aromatic carbocycles. The van der Waals surface area contributed by atoms with Crippen LogP contribution in [0.4, 0.5) is 28.9 Å². The van der Waals surface area contributed by atoms with Gasteiger partial charge in [-0.1, -0.05) is 6.07 Å². The van der Waals surface area contributed by atoms with E-state index in [2.05, 4.69) is 10.0 Å². The quantitative estimate of drug-likeness (QED) is 0.803. The first-order valence-electron chi connectivity index (χ1n) is 6.72. The van der Waals surface area contributed by atoms with Gasteiger partial charge in [-0.2, -0.15) is 13.2 Å².